The second-order valence-electron chi connectivity index (χ2n) is 16.6. The van der Waals surface area contributed by atoms with Gasteiger partial charge in [-0.05, 0) is 135 Å². The van der Waals surface area contributed by atoms with E-state index in [2.05, 4.69) is 42.3 Å². The lowest BCUT2D eigenvalue weighted by Crippen LogP contribution is -2.30. The highest BCUT2D eigenvalue weighted by atomic mass is 32.2. The molecule has 3 aliphatic rings. The zero-order valence-electron chi connectivity index (χ0n) is 34.2. The predicted molar refractivity (Wildman–Crippen MR) is 238 cm³/mol. The number of anilines is 1. The minimum absolute atomic E-state index is 0.0304. The van der Waals surface area contributed by atoms with Crippen LogP contribution in [-0.4, -0.2) is 62.2 Å². The number of allylic oxidation sites excluding steroid dienone is 10. The van der Waals surface area contributed by atoms with Crippen molar-refractivity contribution in [1.29, 1.82) is 0 Å². The van der Waals surface area contributed by atoms with Crippen molar-refractivity contribution in [2.24, 2.45) is 0 Å². The summed E-state index contributed by atoms with van der Waals surface area (Å²) in [4.78, 5) is 2.34. The van der Waals surface area contributed by atoms with Gasteiger partial charge in [0.05, 0.1) is 28.4 Å². The van der Waals surface area contributed by atoms with Gasteiger partial charge < -0.3 is 4.90 Å². The minimum atomic E-state index is -4.44. The molecule has 0 saturated carbocycles. The summed E-state index contributed by atoms with van der Waals surface area (Å²) >= 11 is 0.858. The van der Waals surface area contributed by atoms with Crippen molar-refractivity contribution in [3.05, 3.63) is 130 Å². The third-order valence-electron chi connectivity index (χ3n) is 12.1. The zero-order valence-corrected chi connectivity index (χ0v) is 37.4. The predicted octanol–water partition coefficient (Wildman–Crippen LogP) is 9.54. The highest BCUT2D eigenvalue weighted by Crippen LogP contribution is 2.53. The Labute approximate surface area is 360 Å². The topological polar surface area (TPSA) is 205 Å². The molecule has 2 aliphatic carbocycles. The third-order valence-corrected chi connectivity index (χ3v) is 15.0. The number of rotatable bonds is 13. The van der Waals surface area contributed by atoms with Gasteiger partial charge in [-0.25, -0.2) is 5.26 Å². The fourth-order valence-corrected chi connectivity index (χ4v) is 11.1. The van der Waals surface area contributed by atoms with Crippen LogP contribution in [0, 0.1) is 0 Å². The quantitative estimate of drug-likeness (QED) is 0.0427. The second-order valence-corrected chi connectivity index (χ2v) is 22.0. The molecule has 4 aromatic carbocycles. The first-order chi connectivity index (χ1) is 28.5. The third kappa shape index (κ3) is 9.04. The number of benzene rings is 4. The van der Waals surface area contributed by atoms with Crippen LogP contribution in [-0.2, 0) is 50.6 Å². The first kappa shape index (κ1) is 44.9. The van der Waals surface area contributed by atoms with Crippen molar-refractivity contribution in [1.82, 2.24) is 0 Å². The molecule has 1 heterocycles. The molecule has 0 spiro atoms. The molecule has 13 nitrogen and oxygen atoms in total. The second kappa shape index (κ2) is 16.5. The van der Waals surface area contributed by atoms with Gasteiger partial charge in [-0.1, -0.05) is 81.3 Å². The van der Waals surface area contributed by atoms with Crippen molar-refractivity contribution >= 4 is 75.2 Å². The molecule has 17 heteroatoms. The van der Waals surface area contributed by atoms with Crippen molar-refractivity contribution in [3.8, 4) is 0 Å². The Balaban J connectivity index is 1.28. The molecule has 0 aromatic heterocycles. The highest BCUT2D eigenvalue weighted by Gasteiger charge is 2.42. The standard InChI is InChI=1S/C44H47NO12S4/c1-27-28(10-18-38-36(21-23-59(47,48)49)37-15-9-30-25-32(58-57-56-46)13-16-34(30)41(37)43(38,2)3)7-6-8-29(27)12-20-40-44(4,5)42-35-17-14-33(61(53,54)55)26-31(35)11-19-39(42)45(40)22-24-60(50,51)52/h9-20,25-26,46H,6-8,21-24H2,1-5H3,(H,47,48,49)(H,50,51,52)(H,53,54,55)/b18-10+,29-12+,40-20+. The average Bonchev–Trinajstić information content (AvgIpc) is 3.54. The lowest BCUT2D eigenvalue weighted by atomic mass is 9.78. The molecule has 0 amide bonds. The zero-order chi connectivity index (χ0) is 44.3. The summed E-state index contributed by atoms with van der Waals surface area (Å²) in [6.07, 6.45) is 10.7. The van der Waals surface area contributed by atoms with Crippen molar-refractivity contribution in [3.63, 3.8) is 0 Å². The van der Waals surface area contributed by atoms with Crippen LogP contribution in [0.3, 0.4) is 0 Å². The molecule has 7 rings (SSSR count). The Hall–Kier alpha value is -4.14. The Morgan fingerprint density at radius 2 is 1.44 bits per heavy atom. The van der Waals surface area contributed by atoms with E-state index in [-0.39, 0.29) is 17.9 Å². The average molecular weight is 910 g/mol. The summed E-state index contributed by atoms with van der Waals surface area (Å²) in [5.74, 6) is -0.954. The summed E-state index contributed by atoms with van der Waals surface area (Å²) in [7, 11) is -13.0. The van der Waals surface area contributed by atoms with Gasteiger partial charge in [0.25, 0.3) is 30.4 Å². The van der Waals surface area contributed by atoms with Gasteiger partial charge in [-0.2, -0.15) is 25.3 Å². The van der Waals surface area contributed by atoms with Crippen molar-refractivity contribution < 1.29 is 53.5 Å². The monoisotopic (exact) mass is 909 g/mol. The smallest absolute Gasteiger partial charge is 0.294 e. The Morgan fingerprint density at radius 3 is 2.13 bits per heavy atom. The van der Waals surface area contributed by atoms with Crippen LogP contribution >= 0.6 is 12.0 Å². The van der Waals surface area contributed by atoms with Gasteiger partial charge in [0.15, 0.2) is 0 Å². The van der Waals surface area contributed by atoms with Crippen LogP contribution in [0.4, 0.5) is 5.69 Å². The van der Waals surface area contributed by atoms with Gasteiger partial charge in [-0.3, -0.25) is 13.7 Å². The van der Waals surface area contributed by atoms with Crippen LogP contribution in [0.5, 0.6) is 0 Å². The van der Waals surface area contributed by atoms with E-state index in [0.717, 1.165) is 103 Å². The van der Waals surface area contributed by atoms with Gasteiger partial charge in [0.2, 0.25) is 0 Å². The fourth-order valence-electron chi connectivity index (χ4n) is 9.32. The van der Waals surface area contributed by atoms with E-state index in [4.69, 9.17) is 5.26 Å². The SMILES string of the molecule is CC1=C(/C=C/C2=C(CCS(=O)(=O)O)c3ccc4cc(SOOO)ccc4c3C2(C)C)CCC/C1=C\C=C1\N(CCS(=O)(=O)O)c2ccc3cc(S(=O)(=O)O)ccc3c2C1(C)C. The molecule has 1 aliphatic heterocycles. The molecular weight excluding hydrogens is 863 g/mol. The van der Waals surface area contributed by atoms with E-state index in [0.29, 0.717) is 10.3 Å². The van der Waals surface area contributed by atoms with E-state index < -0.39 is 52.7 Å². The first-order valence-electron chi connectivity index (χ1n) is 19.5. The molecule has 0 fully saturated rings. The number of hydrogen-bond donors (Lipinski definition) is 4. The van der Waals surface area contributed by atoms with E-state index in [9.17, 15) is 38.9 Å². The fraction of sp³-hybridized carbons (Fsp3) is 0.318. The molecule has 0 bridgehead atoms. The number of nitrogens with zero attached hydrogens (tertiary/aromatic N) is 1. The van der Waals surface area contributed by atoms with E-state index >= 15 is 0 Å². The van der Waals surface area contributed by atoms with Gasteiger partial charge in [0.1, 0.15) is 0 Å². The van der Waals surface area contributed by atoms with Gasteiger partial charge >= 0.3 is 0 Å². The van der Waals surface area contributed by atoms with Crippen LogP contribution < -0.4 is 4.90 Å². The summed E-state index contributed by atoms with van der Waals surface area (Å²) in [5.41, 5.74) is 8.04. The maximum absolute atomic E-state index is 12.0. The highest BCUT2D eigenvalue weighted by molar-refractivity contribution is 7.94. The molecule has 4 N–H and O–H groups in total. The number of hydrogen-bond acceptors (Lipinski definition) is 11. The van der Waals surface area contributed by atoms with Crippen molar-refractivity contribution in [2.45, 2.75) is 80.9 Å². The summed E-state index contributed by atoms with van der Waals surface area (Å²) in [5, 5.41) is 15.6. The normalized spacial score (nSPS) is 19.3. The summed E-state index contributed by atoms with van der Waals surface area (Å²) in [6.45, 7) is 10.2. The molecular formula is C44H47NO12S4. The summed E-state index contributed by atoms with van der Waals surface area (Å²) < 4.78 is 106. The summed E-state index contributed by atoms with van der Waals surface area (Å²) in [6, 6.07) is 17.5. The van der Waals surface area contributed by atoms with E-state index in [1.165, 1.54) is 12.1 Å². The maximum atomic E-state index is 12.0. The molecule has 61 heavy (non-hydrogen) atoms. The van der Waals surface area contributed by atoms with Crippen LogP contribution in [0.15, 0.2) is 123 Å². The molecule has 0 radical (unpaired) electrons. The maximum Gasteiger partial charge on any atom is 0.294 e. The first-order valence-corrected chi connectivity index (χ1v) is 24.9. The Kier molecular flexibility index (Phi) is 12.2. The largest absolute Gasteiger partial charge is 0.343 e. The van der Waals surface area contributed by atoms with Crippen LogP contribution in [0.1, 0.15) is 77.0 Å². The molecule has 324 valence electrons. The van der Waals surface area contributed by atoms with Gasteiger partial charge in [0, 0.05) is 33.7 Å². The lowest BCUT2D eigenvalue weighted by molar-refractivity contribution is -0.432. The lowest BCUT2D eigenvalue weighted by Gasteiger charge is -2.27. The Morgan fingerprint density at radius 1 is 0.770 bits per heavy atom. The minimum Gasteiger partial charge on any atom is -0.343 e. The molecule has 0 saturated heterocycles. The van der Waals surface area contributed by atoms with Crippen LogP contribution in [0.25, 0.3) is 27.1 Å². The molecule has 0 atom stereocenters. The Bertz CT molecular complexity index is 2980. The van der Waals surface area contributed by atoms with Crippen molar-refractivity contribution in [2.75, 3.05) is 23.0 Å². The van der Waals surface area contributed by atoms with E-state index in [1.807, 2.05) is 61.2 Å². The molecule has 4 aromatic rings. The van der Waals surface area contributed by atoms with Gasteiger partial charge in [-0.15, -0.1) is 4.33 Å². The molecule has 0 unspecified atom stereocenters. The van der Waals surface area contributed by atoms with Crippen LogP contribution in [0.2, 0.25) is 0 Å². The number of fused-ring (bicyclic) bond motifs is 6. The van der Waals surface area contributed by atoms with E-state index in [1.54, 1.807) is 18.2 Å².